The molecule has 0 spiro atoms. The van der Waals surface area contributed by atoms with Crippen LogP contribution in [0.2, 0.25) is 10.0 Å². The molecule has 0 amide bonds. The molecule has 1 aliphatic rings. The highest BCUT2D eigenvalue weighted by Crippen LogP contribution is 2.34. The number of piperidine rings is 1. The van der Waals surface area contributed by atoms with Crippen molar-refractivity contribution in [2.24, 2.45) is 11.7 Å². The molecule has 1 heterocycles. The molecule has 0 aromatic heterocycles. The maximum absolute atomic E-state index is 6.34. The van der Waals surface area contributed by atoms with E-state index in [1.54, 1.807) is 0 Å². The molecular weight excluding hydrogens is 279 g/mol. The lowest BCUT2D eigenvalue weighted by Gasteiger charge is -2.38. The number of nitrogens with two attached hydrogens (primary N) is 1. The van der Waals surface area contributed by atoms with Gasteiger partial charge in [-0.3, -0.25) is 4.90 Å². The summed E-state index contributed by atoms with van der Waals surface area (Å²) in [6.45, 7) is 5.05. The van der Waals surface area contributed by atoms with Crippen molar-refractivity contribution in [3.8, 4) is 0 Å². The molecule has 1 aromatic carbocycles. The number of rotatable bonds is 4. The van der Waals surface area contributed by atoms with Gasteiger partial charge in [0.2, 0.25) is 0 Å². The molecule has 19 heavy (non-hydrogen) atoms. The summed E-state index contributed by atoms with van der Waals surface area (Å²) in [6.07, 6.45) is 3.80. The second kappa shape index (κ2) is 6.94. The Balaban J connectivity index is 2.21. The topological polar surface area (TPSA) is 29.3 Å². The van der Waals surface area contributed by atoms with Crippen molar-refractivity contribution in [1.82, 2.24) is 4.90 Å². The Morgan fingerprint density at radius 2 is 2.21 bits per heavy atom. The largest absolute Gasteiger partial charge is 0.329 e. The Bertz CT molecular complexity index is 423. The molecule has 1 fully saturated rings. The molecule has 2 unspecified atom stereocenters. The average molecular weight is 301 g/mol. The van der Waals surface area contributed by atoms with Crippen LogP contribution < -0.4 is 5.73 Å². The average Bonchev–Trinajstić information content (AvgIpc) is 2.44. The maximum Gasteiger partial charge on any atom is 0.0640 e. The van der Waals surface area contributed by atoms with E-state index < -0.39 is 0 Å². The third-order valence-electron chi connectivity index (χ3n) is 4.13. The van der Waals surface area contributed by atoms with Crippen molar-refractivity contribution >= 4 is 23.2 Å². The van der Waals surface area contributed by atoms with Gasteiger partial charge >= 0.3 is 0 Å². The highest BCUT2D eigenvalue weighted by Gasteiger charge is 2.26. The predicted octanol–water partition coefficient (Wildman–Crippen LogP) is 4.12. The standard InChI is InChI=1S/C15H22Cl2N2/c1-2-11-5-4-8-19(10-11)14(9-18)12-6-3-7-13(16)15(12)17/h3,6-7,11,14H,2,4-5,8-10,18H2,1H3. The molecule has 1 aliphatic heterocycles. The van der Waals surface area contributed by atoms with Gasteiger partial charge in [0.1, 0.15) is 0 Å². The van der Waals surface area contributed by atoms with Crippen molar-refractivity contribution in [3.63, 3.8) is 0 Å². The monoisotopic (exact) mass is 300 g/mol. The molecule has 4 heteroatoms. The Labute approximate surface area is 125 Å². The van der Waals surface area contributed by atoms with Crippen LogP contribution in [0, 0.1) is 5.92 Å². The molecule has 2 nitrogen and oxygen atoms in total. The van der Waals surface area contributed by atoms with Crippen LogP contribution >= 0.6 is 23.2 Å². The first-order valence-corrected chi connectivity index (χ1v) is 7.81. The van der Waals surface area contributed by atoms with E-state index in [1.165, 1.54) is 19.3 Å². The zero-order chi connectivity index (χ0) is 13.8. The normalized spacial score (nSPS) is 22.4. The first-order chi connectivity index (χ1) is 9.17. The summed E-state index contributed by atoms with van der Waals surface area (Å²) in [4.78, 5) is 2.47. The van der Waals surface area contributed by atoms with Gasteiger partial charge in [0.15, 0.2) is 0 Å². The molecule has 2 N–H and O–H groups in total. The van der Waals surface area contributed by atoms with Crippen LogP contribution in [0.15, 0.2) is 18.2 Å². The summed E-state index contributed by atoms with van der Waals surface area (Å²) >= 11 is 12.5. The van der Waals surface area contributed by atoms with Crippen LogP contribution in [0.3, 0.4) is 0 Å². The summed E-state index contributed by atoms with van der Waals surface area (Å²) < 4.78 is 0. The highest BCUT2D eigenvalue weighted by atomic mass is 35.5. The van der Waals surface area contributed by atoms with E-state index in [9.17, 15) is 0 Å². The second-order valence-electron chi connectivity index (χ2n) is 5.31. The van der Waals surface area contributed by atoms with E-state index in [4.69, 9.17) is 28.9 Å². The zero-order valence-corrected chi connectivity index (χ0v) is 12.9. The Morgan fingerprint density at radius 3 is 2.89 bits per heavy atom. The Kier molecular flexibility index (Phi) is 5.52. The van der Waals surface area contributed by atoms with E-state index >= 15 is 0 Å². The molecule has 0 saturated carbocycles. The molecule has 2 atom stereocenters. The van der Waals surface area contributed by atoms with Crippen LogP contribution in [0.4, 0.5) is 0 Å². The number of nitrogens with zero attached hydrogens (tertiary/aromatic N) is 1. The van der Waals surface area contributed by atoms with Crippen LogP contribution in [0.5, 0.6) is 0 Å². The third-order valence-corrected chi connectivity index (χ3v) is 4.97. The molecule has 0 aliphatic carbocycles. The molecule has 2 rings (SSSR count). The quantitative estimate of drug-likeness (QED) is 0.906. The number of benzene rings is 1. The van der Waals surface area contributed by atoms with E-state index in [0.717, 1.165) is 24.6 Å². The summed E-state index contributed by atoms with van der Waals surface area (Å²) in [5, 5.41) is 1.26. The van der Waals surface area contributed by atoms with Gasteiger partial charge in [0, 0.05) is 19.1 Å². The smallest absolute Gasteiger partial charge is 0.0640 e. The first kappa shape index (κ1) is 15.1. The van der Waals surface area contributed by atoms with Gasteiger partial charge < -0.3 is 5.73 Å². The molecular formula is C15H22Cl2N2. The molecule has 106 valence electrons. The van der Waals surface area contributed by atoms with Crippen LogP contribution in [-0.2, 0) is 0 Å². The molecule has 1 saturated heterocycles. The Morgan fingerprint density at radius 1 is 1.42 bits per heavy atom. The summed E-state index contributed by atoms with van der Waals surface area (Å²) in [5.41, 5.74) is 7.06. The second-order valence-corrected chi connectivity index (χ2v) is 6.09. The van der Waals surface area contributed by atoms with Crippen molar-refractivity contribution in [3.05, 3.63) is 33.8 Å². The van der Waals surface area contributed by atoms with Gasteiger partial charge in [-0.25, -0.2) is 0 Å². The van der Waals surface area contributed by atoms with Gasteiger partial charge in [-0.1, -0.05) is 48.7 Å². The number of hydrogen-bond donors (Lipinski definition) is 1. The fraction of sp³-hybridized carbons (Fsp3) is 0.600. The van der Waals surface area contributed by atoms with Gasteiger partial charge in [-0.2, -0.15) is 0 Å². The van der Waals surface area contributed by atoms with Gasteiger partial charge in [0.25, 0.3) is 0 Å². The molecule has 0 radical (unpaired) electrons. The van der Waals surface area contributed by atoms with Crippen LogP contribution in [0.25, 0.3) is 0 Å². The number of hydrogen-bond acceptors (Lipinski definition) is 2. The lowest BCUT2D eigenvalue weighted by Crippen LogP contribution is -2.41. The van der Waals surface area contributed by atoms with Gasteiger partial charge in [-0.05, 0) is 36.9 Å². The fourth-order valence-corrected chi connectivity index (χ4v) is 3.40. The highest BCUT2D eigenvalue weighted by molar-refractivity contribution is 6.42. The van der Waals surface area contributed by atoms with Crippen molar-refractivity contribution in [2.75, 3.05) is 19.6 Å². The van der Waals surface area contributed by atoms with E-state index in [0.29, 0.717) is 16.6 Å². The maximum atomic E-state index is 6.34. The Hall–Kier alpha value is -0.280. The summed E-state index contributed by atoms with van der Waals surface area (Å²) in [6, 6.07) is 6.00. The van der Waals surface area contributed by atoms with Gasteiger partial charge in [0.05, 0.1) is 10.0 Å². The predicted molar refractivity (Wildman–Crippen MR) is 82.8 cm³/mol. The van der Waals surface area contributed by atoms with Crippen LogP contribution in [0.1, 0.15) is 37.8 Å². The summed E-state index contributed by atoms with van der Waals surface area (Å²) in [7, 11) is 0. The summed E-state index contributed by atoms with van der Waals surface area (Å²) in [5.74, 6) is 0.778. The van der Waals surface area contributed by atoms with Crippen molar-refractivity contribution in [2.45, 2.75) is 32.2 Å². The third kappa shape index (κ3) is 3.43. The van der Waals surface area contributed by atoms with E-state index in [2.05, 4.69) is 11.8 Å². The minimum Gasteiger partial charge on any atom is -0.329 e. The lowest BCUT2D eigenvalue weighted by atomic mass is 9.93. The first-order valence-electron chi connectivity index (χ1n) is 7.05. The van der Waals surface area contributed by atoms with Gasteiger partial charge in [-0.15, -0.1) is 0 Å². The molecule has 0 bridgehead atoms. The van der Waals surface area contributed by atoms with E-state index in [1.807, 2.05) is 18.2 Å². The van der Waals surface area contributed by atoms with Crippen molar-refractivity contribution in [1.29, 1.82) is 0 Å². The van der Waals surface area contributed by atoms with Crippen LogP contribution in [-0.4, -0.2) is 24.5 Å². The number of halogens is 2. The van der Waals surface area contributed by atoms with Crippen molar-refractivity contribution < 1.29 is 0 Å². The SMILES string of the molecule is CCC1CCCN(C(CN)c2cccc(Cl)c2Cl)C1. The fourth-order valence-electron chi connectivity index (χ4n) is 2.96. The van der Waals surface area contributed by atoms with E-state index in [-0.39, 0.29) is 6.04 Å². The minimum atomic E-state index is 0.181. The molecule has 1 aromatic rings. The number of likely N-dealkylation sites (tertiary alicyclic amines) is 1. The lowest BCUT2D eigenvalue weighted by molar-refractivity contribution is 0.124. The minimum absolute atomic E-state index is 0.181. The zero-order valence-electron chi connectivity index (χ0n) is 11.4.